The third-order valence-electron chi connectivity index (χ3n) is 3.89. The van der Waals surface area contributed by atoms with Crippen molar-refractivity contribution in [1.82, 2.24) is 4.98 Å². The predicted octanol–water partition coefficient (Wildman–Crippen LogP) is 3.98. The van der Waals surface area contributed by atoms with E-state index in [1.807, 2.05) is 6.20 Å². The molecule has 1 heterocycles. The van der Waals surface area contributed by atoms with Crippen molar-refractivity contribution < 1.29 is 0 Å². The highest BCUT2D eigenvalue weighted by atomic mass is 15.0. The molecule has 94 valence electrons. The topological polar surface area (TPSA) is 24.9 Å². The van der Waals surface area contributed by atoms with Crippen LogP contribution in [0.25, 0.3) is 0 Å². The van der Waals surface area contributed by atoms with E-state index in [-0.39, 0.29) is 5.41 Å². The molecule has 1 aromatic rings. The second-order valence-electron chi connectivity index (χ2n) is 6.70. The first kappa shape index (κ1) is 12.4. The van der Waals surface area contributed by atoms with E-state index in [9.17, 15) is 0 Å². The number of hydrogen-bond donors (Lipinski definition) is 1. The Morgan fingerprint density at radius 3 is 2.41 bits per heavy atom. The Balaban J connectivity index is 1.94. The van der Waals surface area contributed by atoms with Crippen molar-refractivity contribution in [3.8, 4) is 0 Å². The van der Waals surface area contributed by atoms with Crippen molar-refractivity contribution >= 4 is 5.82 Å². The van der Waals surface area contributed by atoms with Gasteiger partial charge in [0.05, 0.1) is 0 Å². The molecule has 0 atom stereocenters. The highest BCUT2D eigenvalue weighted by molar-refractivity contribution is 5.37. The average molecular weight is 232 g/mol. The Hall–Kier alpha value is -1.05. The van der Waals surface area contributed by atoms with Gasteiger partial charge in [0.25, 0.3) is 0 Å². The van der Waals surface area contributed by atoms with Gasteiger partial charge in [-0.3, -0.25) is 0 Å². The molecule has 2 nitrogen and oxygen atoms in total. The zero-order valence-electron chi connectivity index (χ0n) is 11.5. The number of aromatic nitrogens is 1. The summed E-state index contributed by atoms with van der Waals surface area (Å²) in [6.07, 6.45) is 6.07. The molecule has 1 aromatic heterocycles. The molecule has 0 aromatic carbocycles. The SMILES string of the molecule is CC1(CNc2ccc(C(C)(C)C)cn2)CCC1. The third kappa shape index (κ3) is 2.99. The van der Waals surface area contributed by atoms with E-state index < -0.39 is 0 Å². The summed E-state index contributed by atoms with van der Waals surface area (Å²) in [7, 11) is 0. The Morgan fingerprint density at radius 1 is 1.29 bits per heavy atom. The van der Waals surface area contributed by atoms with Crippen molar-refractivity contribution in [3.05, 3.63) is 23.9 Å². The lowest BCUT2D eigenvalue weighted by molar-refractivity contribution is 0.180. The van der Waals surface area contributed by atoms with Crippen molar-refractivity contribution in [3.63, 3.8) is 0 Å². The first-order valence-electron chi connectivity index (χ1n) is 6.60. The van der Waals surface area contributed by atoms with Crippen molar-refractivity contribution in [1.29, 1.82) is 0 Å². The van der Waals surface area contributed by atoms with Crippen LogP contribution in [0.2, 0.25) is 0 Å². The first-order valence-corrected chi connectivity index (χ1v) is 6.60. The normalized spacial score (nSPS) is 18.6. The molecular formula is C15H24N2. The van der Waals surface area contributed by atoms with E-state index in [2.05, 4.69) is 50.1 Å². The second kappa shape index (κ2) is 4.32. The van der Waals surface area contributed by atoms with Crippen molar-refractivity contribution in [2.24, 2.45) is 5.41 Å². The molecule has 0 unspecified atom stereocenters. The van der Waals surface area contributed by atoms with Crippen LogP contribution in [0.1, 0.15) is 52.5 Å². The molecule has 0 bridgehead atoms. The molecule has 0 aliphatic heterocycles. The van der Waals surface area contributed by atoms with E-state index >= 15 is 0 Å². The molecule has 1 aliphatic carbocycles. The molecule has 0 radical (unpaired) electrons. The van der Waals surface area contributed by atoms with Crippen LogP contribution in [0.15, 0.2) is 18.3 Å². The summed E-state index contributed by atoms with van der Waals surface area (Å²) in [6, 6.07) is 4.28. The van der Waals surface area contributed by atoms with Crippen molar-refractivity contribution in [2.45, 2.75) is 52.4 Å². The van der Waals surface area contributed by atoms with E-state index in [0.717, 1.165) is 12.4 Å². The number of nitrogens with one attached hydrogen (secondary N) is 1. The highest BCUT2D eigenvalue weighted by Crippen LogP contribution is 2.40. The minimum absolute atomic E-state index is 0.186. The van der Waals surface area contributed by atoms with Gasteiger partial charge in [-0.1, -0.05) is 40.2 Å². The zero-order valence-corrected chi connectivity index (χ0v) is 11.5. The van der Waals surface area contributed by atoms with Gasteiger partial charge >= 0.3 is 0 Å². The molecule has 2 heteroatoms. The Kier molecular flexibility index (Phi) is 3.15. The summed E-state index contributed by atoms with van der Waals surface area (Å²) in [5.41, 5.74) is 1.98. The minimum Gasteiger partial charge on any atom is -0.370 e. The second-order valence-corrected chi connectivity index (χ2v) is 6.70. The lowest BCUT2D eigenvalue weighted by Gasteiger charge is -2.38. The first-order chi connectivity index (χ1) is 7.89. The number of anilines is 1. The monoisotopic (exact) mass is 232 g/mol. The summed E-state index contributed by atoms with van der Waals surface area (Å²) in [4.78, 5) is 4.50. The number of hydrogen-bond acceptors (Lipinski definition) is 2. The fourth-order valence-electron chi connectivity index (χ4n) is 2.20. The quantitative estimate of drug-likeness (QED) is 0.852. The van der Waals surface area contributed by atoms with Crippen LogP contribution in [0, 0.1) is 5.41 Å². The summed E-state index contributed by atoms with van der Waals surface area (Å²) in [6.45, 7) is 10.0. The van der Waals surface area contributed by atoms with E-state index in [1.54, 1.807) is 0 Å². The van der Waals surface area contributed by atoms with E-state index in [1.165, 1.54) is 24.8 Å². The van der Waals surface area contributed by atoms with E-state index in [4.69, 9.17) is 0 Å². The predicted molar refractivity (Wildman–Crippen MR) is 73.4 cm³/mol. The van der Waals surface area contributed by atoms with Gasteiger partial charge in [-0.2, -0.15) is 0 Å². The van der Waals surface area contributed by atoms with Gasteiger partial charge in [0.1, 0.15) is 5.82 Å². The van der Waals surface area contributed by atoms with Crippen LogP contribution in [-0.4, -0.2) is 11.5 Å². The number of rotatable bonds is 3. The smallest absolute Gasteiger partial charge is 0.125 e. The molecule has 1 fully saturated rings. The maximum Gasteiger partial charge on any atom is 0.125 e. The van der Waals surface area contributed by atoms with Gasteiger partial charge in [-0.05, 0) is 35.3 Å². The lowest BCUT2D eigenvalue weighted by atomic mass is 9.70. The van der Waals surface area contributed by atoms with Crippen LogP contribution >= 0.6 is 0 Å². The van der Waals surface area contributed by atoms with Gasteiger partial charge in [-0.25, -0.2) is 4.98 Å². The summed E-state index contributed by atoms with van der Waals surface area (Å²) >= 11 is 0. The largest absolute Gasteiger partial charge is 0.370 e. The van der Waals surface area contributed by atoms with Crippen molar-refractivity contribution in [2.75, 3.05) is 11.9 Å². The molecular weight excluding hydrogens is 208 g/mol. The lowest BCUT2D eigenvalue weighted by Crippen LogP contribution is -2.33. The Bertz CT molecular complexity index is 369. The molecule has 0 saturated heterocycles. The van der Waals surface area contributed by atoms with Crippen LogP contribution in [0.5, 0.6) is 0 Å². The molecule has 17 heavy (non-hydrogen) atoms. The summed E-state index contributed by atoms with van der Waals surface area (Å²) in [5, 5.41) is 3.45. The van der Waals surface area contributed by atoms with Gasteiger partial charge < -0.3 is 5.32 Å². The van der Waals surface area contributed by atoms with E-state index in [0.29, 0.717) is 5.41 Å². The van der Waals surface area contributed by atoms with Crippen LogP contribution in [-0.2, 0) is 5.41 Å². The summed E-state index contributed by atoms with van der Waals surface area (Å²) < 4.78 is 0. The van der Waals surface area contributed by atoms with Crippen LogP contribution in [0.3, 0.4) is 0 Å². The van der Waals surface area contributed by atoms with Crippen LogP contribution < -0.4 is 5.32 Å². The van der Waals surface area contributed by atoms with Gasteiger partial charge in [0.2, 0.25) is 0 Å². The average Bonchev–Trinajstić information content (AvgIpc) is 2.23. The number of pyridine rings is 1. The van der Waals surface area contributed by atoms with Gasteiger partial charge in [-0.15, -0.1) is 0 Å². The molecule has 1 N–H and O–H groups in total. The maximum absolute atomic E-state index is 4.50. The van der Waals surface area contributed by atoms with Crippen LogP contribution in [0.4, 0.5) is 5.82 Å². The Labute approximate surface area is 105 Å². The standard InChI is InChI=1S/C15H24N2/c1-14(2,3)12-6-7-13(16-10-12)17-11-15(4)8-5-9-15/h6-7,10H,5,8-9,11H2,1-4H3,(H,16,17). The van der Waals surface area contributed by atoms with Gasteiger partial charge in [0.15, 0.2) is 0 Å². The third-order valence-corrected chi connectivity index (χ3v) is 3.89. The Morgan fingerprint density at radius 2 is 2.00 bits per heavy atom. The fraction of sp³-hybridized carbons (Fsp3) is 0.667. The minimum atomic E-state index is 0.186. The number of nitrogens with zero attached hydrogens (tertiary/aromatic N) is 1. The molecule has 1 saturated carbocycles. The molecule has 2 rings (SSSR count). The fourth-order valence-corrected chi connectivity index (χ4v) is 2.20. The maximum atomic E-state index is 4.50. The molecule has 0 spiro atoms. The molecule has 0 amide bonds. The summed E-state index contributed by atoms with van der Waals surface area (Å²) in [5.74, 6) is 1.01. The molecule has 1 aliphatic rings. The highest BCUT2D eigenvalue weighted by Gasteiger charge is 2.31. The van der Waals surface area contributed by atoms with Gasteiger partial charge in [0, 0.05) is 12.7 Å². The zero-order chi connectivity index (χ0) is 12.5.